The van der Waals surface area contributed by atoms with Crippen LogP contribution in [0.5, 0.6) is 11.5 Å². The fraction of sp³-hybridized carbons (Fsp3) is 0.235. The van der Waals surface area contributed by atoms with E-state index in [1.807, 2.05) is 10.8 Å². The molecule has 1 heterocycles. The van der Waals surface area contributed by atoms with Gasteiger partial charge < -0.3 is 19.9 Å². The monoisotopic (exact) mass is 423 g/mol. The van der Waals surface area contributed by atoms with Gasteiger partial charge in [-0.3, -0.25) is 14.9 Å². The molecule has 3 N–H and O–H groups in total. The first-order valence-electron chi connectivity index (χ1n) is 8.38. The quantitative estimate of drug-likeness (QED) is 0.419. The average Bonchev–Trinajstić information content (AvgIpc) is 2.70. The largest absolute Gasteiger partial charge is 0.486 e. The molecule has 0 amide bonds. The van der Waals surface area contributed by atoms with Crippen LogP contribution in [0.25, 0.3) is 0 Å². The fourth-order valence-corrected chi connectivity index (χ4v) is 3.60. The Morgan fingerprint density at radius 1 is 1.24 bits per heavy atom. The lowest BCUT2D eigenvalue weighted by atomic mass is 10.2. The van der Waals surface area contributed by atoms with E-state index in [-0.39, 0.29) is 18.8 Å². The highest BCUT2D eigenvalue weighted by Gasteiger charge is 2.24. The lowest BCUT2D eigenvalue weighted by molar-refractivity contribution is -0.384. The zero-order chi connectivity index (χ0) is 21.0. The molecular formula is C17H17N3O8S. The number of ether oxygens (including phenoxy) is 2. The molecule has 2 aromatic carbocycles. The third-order valence-electron chi connectivity index (χ3n) is 3.98. The molecule has 11 nitrogen and oxygen atoms in total. The minimum absolute atomic E-state index is 0.0923. The second-order valence-corrected chi connectivity index (χ2v) is 7.80. The summed E-state index contributed by atoms with van der Waals surface area (Å²) in [4.78, 5) is 20.8. The summed E-state index contributed by atoms with van der Waals surface area (Å²) in [5, 5.41) is 22.8. The number of hydrogen-bond acceptors (Lipinski definition) is 8. The van der Waals surface area contributed by atoms with Crippen molar-refractivity contribution in [3.63, 3.8) is 0 Å². The van der Waals surface area contributed by atoms with Crippen molar-refractivity contribution in [1.29, 1.82) is 0 Å². The van der Waals surface area contributed by atoms with Crippen LogP contribution in [0.1, 0.15) is 0 Å². The maximum absolute atomic E-state index is 12.1. The molecule has 0 aromatic heterocycles. The fourth-order valence-electron chi connectivity index (χ4n) is 2.61. The number of anilines is 1. The highest BCUT2D eigenvalue weighted by Crippen LogP contribution is 2.32. The second kappa shape index (κ2) is 8.32. The minimum Gasteiger partial charge on any atom is -0.486 e. The topological polar surface area (TPSA) is 157 Å². The SMILES string of the molecule is O=C(O)CNS(=O)(=O)c1ccc(NC[C@@H]2COc3ccccc3O2)c([N+](=O)[O-])c1. The Hall–Kier alpha value is -3.38. The van der Waals surface area contributed by atoms with Crippen molar-refractivity contribution >= 4 is 27.4 Å². The number of hydrogen-bond donors (Lipinski definition) is 3. The number of benzene rings is 2. The normalized spacial score (nSPS) is 15.5. The van der Waals surface area contributed by atoms with Crippen molar-refractivity contribution in [2.45, 2.75) is 11.0 Å². The van der Waals surface area contributed by atoms with E-state index in [1.165, 1.54) is 6.07 Å². The van der Waals surface area contributed by atoms with E-state index in [2.05, 4.69) is 5.32 Å². The number of carboxylic acid groups (broad SMARTS) is 1. The number of aliphatic carboxylic acids is 1. The summed E-state index contributed by atoms with van der Waals surface area (Å²) in [7, 11) is -4.20. The number of para-hydroxylation sites is 2. The van der Waals surface area contributed by atoms with Gasteiger partial charge in [0.05, 0.1) is 16.4 Å². The van der Waals surface area contributed by atoms with Gasteiger partial charge in [-0.05, 0) is 24.3 Å². The van der Waals surface area contributed by atoms with Gasteiger partial charge in [-0.1, -0.05) is 12.1 Å². The molecule has 0 bridgehead atoms. The van der Waals surface area contributed by atoms with E-state index in [1.54, 1.807) is 18.2 Å². The van der Waals surface area contributed by atoms with Crippen LogP contribution in [-0.2, 0) is 14.8 Å². The predicted molar refractivity (Wildman–Crippen MR) is 101 cm³/mol. The van der Waals surface area contributed by atoms with E-state index in [4.69, 9.17) is 14.6 Å². The molecule has 29 heavy (non-hydrogen) atoms. The average molecular weight is 423 g/mol. The van der Waals surface area contributed by atoms with Crippen molar-refractivity contribution in [3.8, 4) is 11.5 Å². The lowest BCUT2D eigenvalue weighted by Gasteiger charge is -2.26. The van der Waals surface area contributed by atoms with Gasteiger partial charge in [0, 0.05) is 6.07 Å². The molecule has 0 saturated heterocycles. The van der Waals surface area contributed by atoms with E-state index < -0.39 is 44.1 Å². The third kappa shape index (κ3) is 4.92. The van der Waals surface area contributed by atoms with Crippen LogP contribution < -0.4 is 19.5 Å². The first kappa shape index (κ1) is 20.4. The summed E-state index contributed by atoms with van der Waals surface area (Å²) in [6.45, 7) is -0.418. The molecule has 0 aliphatic carbocycles. The number of nitrogens with zero attached hydrogens (tertiary/aromatic N) is 1. The Morgan fingerprint density at radius 2 is 1.97 bits per heavy atom. The van der Waals surface area contributed by atoms with Crippen molar-refractivity contribution in [2.24, 2.45) is 0 Å². The first-order valence-corrected chi connectivity index (χ1v) is 9.87. The van der Waals surface area contributed by atoms with Crippen molar-refractivity contribution in [2.75, 3.05) is 25.0 Å². The number of nitro benzene ring substituents is 1. The van der Waals surface area contributed by atoms with Gasteiger partial charge in [0.2, 0.25) is 10.0 Å². The summed E-state index contributed by atoms with van der Waals surface area (Å²) >= 11 is 0. The van der Waals surface area contributed by atoms with Gasteiger partial charge in [-0.15, -0.1) is 0 Å². The lowest BCUT2D eigenvalue weighted by Crippen LogP contribution is -2.35. The van der Waals surface area contributed by atoms with Gasteiger partial charge in [0.1, 0.15) is 24.9 Å². The molecule has 0 spiro atoms. The number of rotatable bonds is 8. The predicted octanol–water partition coefficient (Wildman–Crippen LogP) is 1.21. The van der Waals surface area contributed by atoms with Crippen molar-refractivity contribution in [1.82, 2.24) is 4.72 Å². The number of nitrogens with one attached hydrogen (secondary N) is 2. The summed E-state index contributed by atoms with van der Waals surface area (Å²) in [5.74, 6) is -0.207. The van der Waals surface area contributed by atoms with Gasteiger partial charge in [-0.25, -0.2) is 8.42 Å². The first-order chi connectivity index (χ1) is 13.8. The Labute approximate surface area is 165 Å². The van der Waals surface area contributed by atoms with Crippen LogP contribution in [0.15, 0.2) is 47.4 Å². The van der Waals surface area contributed by atoms with Crippen LogP contribution >= 0.6 is 0 Å². The minimum atomic E-state index is -4.20. The van der Waals surface area contributed by atoms with Crippen LogP contribution in [-0.4, -0.2) is 50.2 Å². The van der Waals surface area contributed by atoms with Gasteiger partial charge in [0.25, 0.3) is 5.69 Å². The number of carboxylic acids is 1. The molecule has 0 unspecified atom stereocenters. The van der Waals surface area contributed by atoms with E-state index in [0.29, 0.717) is 11.5 Å². The molecule has 3 rings (SSSR count). The number of nitro groups is 1. The summed E-state index contributed by atoms with van der Waals surface area (Å²) < 4.78 is 37.4. The van der Waals surface area contributed by atoms with E-state index >= 15 is 0 Å². The van der Waals surface area contributed by atoms with Crippen LogP contribution in [0, 0.1) is 10.1 Å². The zero-order valence-corrected chi connectivity index (χ0v) is 15.7. The highest BCUT2D eigenvalue weighted by molar-refractivity contribution is 7.89. The Morgan fingerprint density at radius 3 is 2.66 bits per heavy atom. The van der Waals surface area contributed by atoms with Crippen molar-refractivity contribution < 1.29 is 32.7 Å². The molecule has 0 radical (unpaired) electrons. The summed E-state index contributed by atoms with van der Waals surface area (Å²) in [5.41, 5.74) is -0.380. The van der Waals surface area contributed by atoms with Gasteiger partial charge in [-0.2, -0.15) is 4.72 Å². The maximum Gasteiger partial charge on any atom is 0.318 e. The third-order valence-corrected chi connectivity index (χ3v) is 5.38. The molecule has 0 fully saturated rings. The van der Waals surface area contributed by atoms with E-state index in [0.717, 1.165) is 12.1 Å². The van der Waals surface area contributed by atoms with Crippen molar-refractivity contribution in [3.05, 3.63) is 52.6 Å². The molecule has 1 aliphatic rings. The summed E-state index contributed by atoms with van der Waals surface area (Å²) in [6.07, 6.45) is -0.412. The maximum atomic E-state index is 12.1. The Kier molecular flexibility index (Phi) is 5.84. The van der Waals surface area contributed by atoms with Gasteiger partial charge >= 0.3 is 5.97 Å². The molecule has 0 saturated carbocycles. The zero-order valence-electron chi connectivity index (χ0n) is 14.9. The number of fused-ring (bicyclic) bond motifs is 1. The summed E-state index contributed by atoms with van der Waals surface area (Å²) in [6, 6.07) is 10.4. The number of sulfonamides is 1. The molecule has 12 heteroatoms. The standard InChI is InChI=1S/C17H17N3O8S/c21-17(22)9-19-29(25,26)12-5-6-13(14(7-12)20(23)24)18-8-11-10-27-15-3-1-2-4-16(15)28-11/h1-7,11,18-19H,8-10H2,(H,21,22)/t11-/m1/s1. The van der Waals surface area contributed by atoms with Crippen LogP contribution in [0.4, 0.5) is 11.4 Å². The molecule has 154 valence electrons. The van der Waals surface area contributed by atoms with Gasteiger partial charge in [0.15, 0.2) is 11.5 Å². The number of carbonyl (C=O) groups is 1. The van der Waals surface area contributed by atoms with E-state index in [9.17, 15) is 23.3 Å². The second-order valence-electron chi connectivity index (χ2n) is 6.03. The Bertz CT molecular complexity index is 1040. The smallest absolute Gasteiger partial charge is 0.318 e. The highest BCUT2D eigenvalue weighted by atomic mass is 32.2. The molecular weight excluding hydrogens is 406 g/mol. The van der Waals surface area contributed by atoms with Crippen LogP contribution in [0.2, 0.25) is 0 Å². The van der Waals surface area contributed by atoms with Crippen LogP contribution in [0.3, 0.4) is 0 Å². The molecule has 1 aliphatic heterocycles. The Balaban J connectivity index is 1.73. The molecule has 1 atom stereocenters. The molecule has 2 aromatic rings.